The van der Waals surface area contributed by atoms with Gasteiger partial charge in [-0.3, -0.25) is 4.79 Å². The summed E-state index contributed by atoms with van der Waals surface area (Å²) < 4.78 is 5.57. The maximum absolute atomic E-state index is 11.3. The first kappa shape index (κ1) is 11.1. The van der Waals surface area contributed by atoms with Gasteiger partial charge >= 0.3 is 0 Å². The predicted molar refractivity (Wildman–Crippen MR) is 61.7 cm³/mol. The highest BCUT2D eigenvalue weighted by atomic mass is 16.5. The molecule has 1 saturated carbocycles. The Bertz CT molecular complexity index is 372. The molecule has 0 spiro atoms. The van der Waals surface area contributed by atoms with E-state index in [1.54, 1.807) is 18.3 Å². The zero-order valence-corrected chi connectivity index (χ0v) is 9.61. The van der Waals surface area contributed by atoms with E-state index in [2.05, 4.69) is 4.98 Å². The molecular weight excluding hydrogens is 202 g/mol. The Labute approximate surface area is 95.8 Å². The van der Waals surface area contributed by atoms with Gasteiger partial charge in [-0.2, -0.15) is 0 Å². The van der Waals surface area contributed by atoms with Gasteiger partial charge < -0.3 is 4.74 Å². The largest absolute Gasteiger partial charge is 0.477 e. The molecule has 0 N–H and O–H groups in total. The third-order valence-electron chi connectivity index (χ3n) is 3.14. The first-order chi connectivity index (χ1) is 7.77. The van der Waals surface area contributed by atoms with Gasteiger partial charge in [0.15, 0.2) is 5.78 Å². The summed E-state index contributed by atoms with van der Waals surface area (Å²) in [5.74, 6) is 1.31. The third-order valence-corrected chi connectivity index (χ3v) is 3.14. The Morgan fingerprint density at radius 1 is 1.56 bits per heavy atom. The average Bonchev–Trinajstić information content (AvgIpc) is 2.22. The first-order valence-corrected chi connectivity index (χ1v) is 5.86. The molecule has 1 aromatic heterocycles. The van der Waals surface area contributed by atoms with E-state index < -0.39 is 0 Å². The molecule has 86 valence electrons. The summed E-state index contributed by atoms with van der Waals surface area (Å²) in [7, 11) is 0. The van der Waals surface area contributed by atoms with E-state index in [9.17, 15) is 4.79 Å². The number of rotatable bonds is 5. The minimum atomic E-state index is 0.00624. The van der Waals surface area contributed by atoms with Crippen LogP contribution in [0.5, 0.6) is 5.88 Å². The number of aromatic nitrogens is 1. The number of hydrogen-bond acceptors (Lipinski definition) is 3. The van der Waals surface area contributed by atoms with Crippen molar-refractivity contribution < 1.29 is 9.53 Å². The zero-order valence-electron chi connectivity index (χ0n) is 9.61. The zero-order chi connectivity index (χ0) is 11.4. The standard InChI is InChI=1S/C13H17NO2/c1-10(15)12-6-3-8-14-13(12)16-9-7-11-4-2-5-11/h3,6,8,11H,2,4-5,7,9H2,1H3. The number of Topliss-reactive ketones (excluding diaryl/α,β-unsaturated/α-hetero) is 1. The Morgan fingerprint density at radius 3 is 3.00 bits per heavy atom. The van der Waals surface area contributed by atoms with Crippen LogP contribution in [0.3, 0.4) is 0 Å². The van der Waals surface area contributed by atoms with Crippen LogP contribution in [0.15, 0.2) is 18.3 Å². The number of hydrogen-bond donors (Lipinski definition) is 0. The quantitative estimate of drug-likeness (QED) is 0.715. The summed E-state index contributed by atoms with van der Waals surface area (Å²) in [4.78, 5) is 15.4. The average molecular weight is 219 g/mol. The molecule has 1 fully saturated rings. The number of ketones is 1. The van der Waals surface area contributed by atoms with Gasteiger partial charge in [-0.05, 0) is 31.4 Å². The van der Waals surface area contributed by atoms with E-state index >= 15 is 0 Å². The van der Waals surface area contributed by atoms with E-state index in [0.29, 0.717) is 18.1 Å². The van der Waals surface area contributed by atoms with E-state index in [4.69, 9.17) is 4.74 Å². The third kappa shape index (κ3) is 2.60. The SMILES string of the molecule is CC(=O)c1cccnc1OCCC1CCC1. The van der Waals surface area contributed by atoms with Crippen molar-refractivity contribution in [3.63, 3.8) is 0 Å². The molecule has 3 heteroatoms. The number of pyridine rings is 1. The Kier molecular flexibility index (Phi) is 3.54. The van der Waals surface area contributed by atoms with Gasteiger partial charge in [-0.25, -0.2) is 4.98 Å². The normalized spacial score (nSPS) is 15.6. The molecule has 0 unspecified atom stereocenters. The minimum Gasteiger partial charge on any atom is -0.477 e. The van der Waals surface area contributed by atoms with Gasteiger partial charge in [0, 0.05) is 6.20 Å². The molecule has 0 aromatic carbocycles. The first-order valence-electron chi connectivity index (χ1n) is 5.86. The van der Waals surface area contributed by atoms with E-state index in [1.165, 1.54) is 26.2 Å². The Morgan fingerprint density at radius 2 is 2.38 bits per heavy atom. The van der Waals surface area contributed by atoms with Crippen molar-refractivity contribution in [2.24, 2.45) is 5.92 Å². The molecule has 1 heterocycles. The molecule has 0 atom stereocenters. The van der Waals surface area contributed by atoms with Gasteiger partial charge in [0.1, 0.15) is 0 Å². The lowest BCUT2D eigenvalue weighted by Crippen LogP contribution is -2.15. The van der Waals surface area contributed by atoms with E-state index in [-0.39, 0.29) is 5.78 Å². The highest BCUT2D eigenvalue weighted by molar-refractivity contribution is 5.96. The lowest BCUT2D eigenvalue weighted by atomic mass is 9.83. The Balaban J connectivity index is 1.89. The van der Waals surface area contributed by atoms with Crippen molar-refractivity contribution in [3.05, 3.63) is 23.9 Å². The van der Waals surface area contributed by atoms with Crippen LogP contribution in [-0.2, 0) is 0 Å². The van der Waals surface area contributed by atoms with Gasteiger partial charge in [-0.1, -0.05) is 19.3 Å². The molecule has 0 aliphatic heterocycles. The van der Waals surface area contributed by atoms with Gasteiger partial charge in [0.25, 0.3) is 0 Å². The number of carbonyl (C=O) groups excluding carboxylic acids is 1. The second kappa shape index (κ2) is 5.10. The van der Waals surface area contributed by atoms with Crippen molar-refractivity contribution in [2.75, 3.05) is 6.61 Å². The van der Waals surface area contributed by atoms with Crippen LogP contribution in [0.1, 0.15) is 43.0 Å². The van der Waals surface area contributed by atoms with E-state index in [1.807, 2.05) is 0 Å². The summed E-state index contributed by atoms with van der Waals surface area (Å²) in [6, 6.07) is 3.52. The van der Waals surface area contributed by atoms with Crippen molar-refractivity contribution >= 4 is 5.78 Å². The molecule has 2 rings (SSSR count). The fourth-order valence-electron chi connectivity index (χ4n) is 1.88. The lowest BCUT2D eigenvalue weighted by Gasteiger charge is -2.24. The smallest absolute Gasteiger partial charge is 0.224 e. The molecule has 0 saturated heterocycles. The van der Waals surface area contributed by atoms with Gasteiger partial charge in [0.2, 0.25) is 5.88 Å². The molecule has 1 aliphatic rings. The van der Waals surface area contributed by atoms with Crippen molar-refractivity contribution in [2.45, 2.75) is 32.6 Å². The fraction of sp³-hybridized carbons (Fsp3) is 0.538. The minimum absolute atomic E-state index is 0.00624. The molecule has 0 bridgehead atoms. The number of nitrogens with zero attached hydrogens (tertiary/aromatic N) is 1. The summed E-state index contributed by atoms with van der Waals surface area (Å²) in [6.45, 7) is 2.21. The second-order valence-electron chi connectivity index (χ2n) is 4.35. The summed E-state index contributed by atoms with van der Waals surface area (Å²) in [5, 5.41) is 0. The number of ether oxygens (including phenoxy) is 1. The fourth-order valence-corrected chi connectivity index (χ4v) is 1.88. The van der Waals surface area contributed by atoms with Gasteiger partial charge in [-0.15, -0.1) is 0 Å². The molecular formula is C13H17NO2. The molecule has 1 aliphatic carbocycles. The van der Waals surface area contributed by atoms with Crippen LogP contribution in [0.2, 0.25) is 0 Å². The van der Waals surface area contributed by atoms with E-state index in [0.717, 1.165) is 12.3 Å². The monoisotopic (exact) mass is 219 g/mol. The number of carbonyl (C=O) groups is 1. The topological polar surface area (TPSA) is 39.2 Å². The second-order valence-corrected chi connectivity index (χ2v) is 4.35. The van der Waals surface area contributed by atoms with Crippen LogP contribution < -0.4 is 4.74 Å². The van der Waals surface area contributed by atoms with Crippen molar-refractivity contribution in [3.8, 4) is 5.88 Å². The van der Waals surface area contributed by atoms with Crippen molar-refractivity contribution in [1.82, 2.24) is 4.98 Å². The van der Waals surface area contributed by atoms with Crippen LogP contribution in [0.25, 0.3) is 0 Å². The van der Waals surface area contributed by atoms with Crippen molar-refractivity contribution in [1.29, 1.82) is 0 Å². The van der Waals surface area contributed by atoms with Crippen LogP contribution >= 0.6 is 0 Å². The maximum Gasteiger partial charge on any atom is 0.224 e. The predicted octanol–water partition coefficient (Wildman–Crippen LogP) is 2.85. The van der Waals surface area contributed by atoms with Gasteiger partial charge in [0.05, 0.1) is 12.2 Å². The lowest BCUT2D eigenvalue weighted by molar-refractivity contribution is 0.101. The summed E-state index contributed by atoms with van der Waals surface area (Å²) in [5.41, 5.74) is 0.580. The highest BCUT2D eigenvalue weighted by Gasteiger charge is 2.17. The molecule has 16 heavy (non-hydrogen) atoms. The molecule has 3 nitrogen and oxygen atoms in total. The maximum atomic E-state index is 11.3. The molecule has 0 radical (unpaired) electrons. The summed E-state index contributed by atoms with van der Waals surface area (Å²) in [6.07, 6.45) is 6.74. The Hall–Kier alpha value is -1.38. The van der Waals surface area contributed by atoms with Crippen LogP contribution in [0, 0.1) is 5.92 Å². The highest BCUT2D eigenvalue weighted by Crippen LogP contribution is 2.29. The van der Waals surface area contributed by atoms with Crippen LogP contribution in [0.4, 0.5) is 0 Å². The molecule has 1 aromatic rings. The van der Waals surface area contributed by atoms with Crippen LogP contribution in [-0.4, -0.2) is 17.4 Å². The summed E-state index contributed by atoms with van der Waals surface area (Å²) >= 11 is 0. The molecule has 0 amide bonds.